The molecule has 0 saturated carbocycles. The van der Waals surface area contributed by atoms with Gasteiger partial charge in [0.1, 0.15) is 12.1 Å². The Morgan fingerprint density at radius 2 is 1.87 bits per heavy atom. The van der Waals surface area contributed by atoms with E-state index in [0.29, 0.717) is 48.5 Å². The van der Waals surface area contributed by atoms with Gasteiger partial charge in [0.15, 0.2) is 0 Å². The number of rotatable bonds is 2. The average Bonchev–Trinajstić information content (AvgIpc) is 3.39. The Bertz CT molecular complexity index is 1370. The van der Waals surface area contributed by atoms with Crippen LogP contribution in [-0.2, 0) is 9.53 Å². The number of ether oxygens (including phenoxy) is 1. The SMILES string of the molecule is O=C1CCCCCN(C(=O)n2nnc3ccccc32)C2(C=CC(N=Nc3ccccc3)=CC2)CSCCO1. The first-order valence-corrected chi connectivity index (χ1v) is 14.0. The maximum atomic E-state index is 14.1. The van der Waals surface area contributed by atoms with Crippen molar-refractivity contribution in [3.8, 4) is 0 Å². The quantitative estimate of drug-likeness (QED) is 0.301. The van der Waals surface area contributed by atoms with Crippen molar-refractivity contribution >= 4 is 40.5 Å². The number of hydrogen-bond donors (Lipinski definition) is 0. The molecule has 0 bridgehead atoms. The lowest BCUT2D eigenvalue weighted by atomic mass is 9.90. The van der Waals surface area contributed by atoms with Gasteiger partial charge in [-0.3, -0.25) is 4.79 Å². The number of azo groups is 1. The van der Waals surface area contributed by atoms with Crippen LogP contribution in [0.15, 0.2) is 88.8 Å². The van der Waals surface area contributed by atoms with Gasteiger partial charge in [-0.2, -0.15) is 26.7 Å². The van der Waals surface area contributed by atoms with Gasteiger partial charge in [0.25, 0.3) is 0 Å². The van der Waals surface area contributed by atoms with Gasteiger partial charge < -0.3 is 9.64 Å². The van der Waals surface area contributed by atoms with E-state index in [4.69, 9.17) is 4.74 Å². The molecule has 1 aromatic heterocycles. The van der Waals surface area contributed by atoms with Crippen LogP contribution in [0.1, 0.15) is 32.1 Å². The number of esters is 1. The molecule has 38 heavy (non-hydrogen) atoms. The topological polar surface area (TPSA) is 102 Å². The minimum Gasteiger partial charge on any atom is -0.465 e. The lowest BCUT2D eigenvalue weighted by molar-refractivity contribution is -0.143. The minimum absolute atomic E-state index is 0.157. The highest BCUT2D eigenvalue weighted by atomic mass is 32.2. The molecule has 0 radical (unpaired) electrons. The summed E-state index contributed by atoms with van der Waals surface area (Å²) in [4.78, 5) is 28.0. The standard InChI is InChI=1S/C28H30N6O3S/c35-26-13-5-2-8-18-33(27(36)34-25-12-7-6-11-24(25)31-32-34)28(21-38-20-19-37-26)16-14-23(15-17-28)30-29-22-9-3-1-4-10-22/h1,3-4,6-7,9-12,14-16H,2,5,8,13,17-21H2. The fraction of sp³-hybridized carbons (Fsp3) is 0.357. The average molecular weight is 531 g/mol. The van der Waals surface area contributed by atoms with E-state index in [1.807, 2.05) is 71.6 Å². The largest absolute Gasteiger partial charge is 0.465 e. The molecule has 9 nitrogen and oxygen atoms in total. The highest BCUT2D eigenvalue weighted by Gasteiger charge is 2.39. The smallest absolute Gasteiger partial charge is 0.347 e. The van der Waals surface area contributed by atoms with Crippen LogP contribution >= 0.6 is 11.8 Å². The second kappa shape index (κ2) is 12.2. The van der Waals surface area contributed by atoms with Crippen molar-refractivity contribution in [2.75, 3.05) is 24.7 Å². The summed E-state index contributed by atoms with van der Waals surface area (Å²) >= 11 is 1.66. The molecule has 5 rings (SSSR count). The van der Waals surface area contributed by atoms with Crippen LogP contribution in [0.5, 0.6) is 0 Å². The lowest BCUT2D eigenvalue weighted by Gasteiger charge is -2.42. The Morgan fingerprint density at radius 3 is 2.71 bits per heavy atom. The Morgan fingerprint density at radius 1 is 1.03 bits per heavy atom. The fourth-order valence-electron chi connectivity index (χ4n) is 4.61. The third-order valence-electron chi connectivity index (χ3n) is 6.67. The van der Waals surface area contributed by atoms with Crippen molar-refractivity contribution in [1.82, 2.24) is 19.9 Å². The fourth-order valence-corrected chi connectivity index (χ4v) is 5.68. The summed E-state index contributed by atoms with van der Waals surface area (Å²) in [6.07, 6.45) is 9.33. The number of nitrogens with zero attached hydrogens (tertiary/aromatic N) is 6. The van der Waals surface area contributed by atoms with Crippen LogP contribution in [0.3, 0.4) is 0 Å². The van der Waals surface area contributed by atoms with E-state index in [1.54, 1.807) is 11.8 Å². The third-order valence-corrected chi connectivity index (χ3v) is 7.83. The summed E-state index contributed by atoms with van der Waals surface area (Å²) in [5, 5.41) is 17.2. The molecule has 2 aromatic carbocycles. The highest BCUT2D eigenvalue weighted by Crippen LogP contribution is 2.34. The second-order valence-corrected chi connectivity index (χ2v) is 10.4. The molecule has 0 N–H and O–H groups in total. The summed E-state index contributed by atoms with van der Waals surface area (Å²) in [7, 11) is 0. The highest BCUT2D eigenvalue weighted by molar-refractivity contribution is 7.99. The molecule has 2 aliphatic rings. The number of benzene rings is 2. The van der Waals surface area contributed by atoms with Crippen molar-refractivity contribution < 1.29 is 14.3 Å². The first-order chi connectivity index (χ1) is 18.6. The molecule has 10 heteroatoms. The van der Waals surface area contributed by atoms with E-state index in [0.717, 1.165) is 30.6 Å². The number of carbonyl (C=O) groups is 2. The monoisotopic (exact) mass is 530 g/mol. The molecule has 1 atom stereocenters. The number of para-hydroxylation sites is 1. The number of hydrogen-bond acceptors (Lipinski definition) is 8. The molecule has 196 valence electrons. The molecular weight excluding hydrogens is 500 g/mol. The molecular formula is C28H30N6O3S. The van der Waals surface area contributed by atoms with Gasteiger partial charge in [-0.05, 0) is 49.6 Å². The molecule has 1 saturated heterocycles. The van der Waals surface area contributed by atoms with Crippen LogP contribution in [0.4, 0.5) is 10.5 Å². The predicted molar refractivity (Wildman–Crippen MR) is 147 cm³/mol. The third kappa shape index (κ3) is 6.02. The van der Waals surface area contributed by atoms with Gasteiger partial charge in [-0.1, -0.05) is 54.1 Å². The summed E-state index contributed by atoms with van der Waals surface area (Å²) in [6.45, 7) is 0.888. The van der Waals surface area contributed by atoms with E-state index >= 15 is 0 Å². The van der Waals surface area contributed by atoms with Gasteiger partial charge in [0.2, 0.25) is 0 Å². The van der Waals surface area contributed by atoms with Gasteiger partial charge in [-0.25, -0.2) is 4.79 Å². The van der Waals surface area contributed by atoms with Crippen molar-refractivity contribution in [2.24, 2.45) is 10.2 Å². The van der Waals surface area contributed by atoms with Crippen LogP contribution in [0, 0.1) is 0 Å². The first-order valence-electron chi connectivity index (χ1n) is 12.9. The summed E-state index contributed by atoms with van der Waals surface area (Å²) in [5.41, 5.74) is 2.28. The Balaban J connectivity index is 1.44. The molecule has 3 aromatic rings. The number of fused-ring (bicyclic) bond motifs is 1. The number of carbonyl (C=O) groups excluding carboxylic acids is 2. The Kier molecular flexibility index (Phi) is 8.28. The van der Waals surface area contributed by atoms with Crippen molar-refractivity contribution in [2.45, 2.75) is 37.6 Å². The second-order valence-electron chi connectivity index (χ2n) is 9.31. The molecule has 1 amide bonds. The summed E-state index contributed by atoms with van der Waals surface area (Å²) in [6, 6.07) is 16.8. The molecule has 1 unspecified atom stereocenters. The van der Waals surface area contributed by atoms with Crippen molar-refractivity contribution in [3.63, 3.8) is 0 Å². The zero-order valence-corrected chi connectivity index (χ0v) is 21.9. The normalized spacial score (nSPS) is 21.5. The molecule has 1 aliphatic carbocycles. The maximum absolute atomic E-state index is 14.1. The summed E-state index contributed by atoms with van der Waals surface area (Å²) < 4.78 is 6.78. The van der Waals surface area contributed by atoms with E-state index in [1.165, 1.54) is 4.68 Å². The number of cyclic esters (lactones) is 1. The minimum atomic E-state index is -0.599. The van der Waals surface area contributed by atoms with Gasteiger partial charge in [0.05, 0.1) is 22.4 Å². The number of thioether (sulfide) groups is 1. The van der Waals surface area contributed by atoms with E-state index in [2.05, 4.69) is 26.6 Å². The van der Waals surface area contributed by atoms with Crippen LogP contribution in [0.2, 0.25) is 0 Å². The molecule has 1 aliphatic heterocycles. The zero-order valence-electron chi connectivity index (χ0n) is 21.1. The molecule has 2 heterocycles. The Hall–Kier alpha value is -3.79. The van der Waals surface area contributed by atoms with Crippen molar-refractivity contribution in [3.05, 3.63) is 78.5 Å². The van der Waals surface area contributed by atoms with Crippen LogP contribution in [-0.4, -0.2) is 62.1 Å². The van der Waals surface area contributed by atoms with Gasteiger partial charge >= 0.3 is 12.0 Å². The van der Waals surface area contributed by atoms with Gasteiger partial charge in [-0.15, -0.1) is 5.10 Å². The molecule has 1 spiro atoms. The van der Waals surface area contributed by atoms with Crippen LogP contribution in [0.25, 0.3) is 11.0 Å². The lowest BCUT2D eigenvalue weighted by Crippen LogP contribution is -2.54. The van der Waals surface area contributed by atoms with E-state index in [-0.39, 0.29) is 12.0 Å². The maximum Gasteiger partial charge on any atom is 0.347 e. The van der Waals surface area contributed by atoms with Crippen LogP contribution < -0.4 is 0 Å². The number of allylic oxidation sites excluding steroid dienone is 1. The van der Waals surface area contributed by atoms with E-state index < -0.39 is 5.54 Å². The number of aromatic nitrogens is 3. The molecule has 1 fully saturated rings. The van der Waals surface area contributed by atoms with Crippen molar-refractivity contribution in [1.29, 1.82) is 0 Å². The number of amides is 1. The zero-order chi connectivity index (χ0) is 26.2. The predicted octanol–water partition coefficient (Wildman–Crippen LogP) is 5.92. The first kappa shape index (κ1) is 25.8. The Labute approximate surface area is 225 Å². The van der Waals surface area contributed by atoms with E-state index in [9.17, 15) is 9.59 Å². The summed E-state index contributed by atoms with van der Waals surface area (Å²) in [5.74, 6) is 1.13. The van der Waals surface area contributed by atoms with Gasteiger partial charge in [0, 0.05) is 24.5 Å².